The standard InChI is InChI=1S/C13H19ClN4O2/c1-17(9-12(15)19)7-11-8-18(4-5-20-11)13-3-2-10(14)6-16-13/h2-3,6,11H,4-5,7-9H2,1H3,(H2,15,19). The number of pyridine rings is 1. The van der Waals surface area contributed by atoms with Crippen molar-refractivity contribution in [1.29, 1.82) is 0 Å². The van der Waals surface area contributed by atoms with Gasteiger partial charge in [0.25, 0.3) is 0 Å². The predicted molar refractivity (Wildman–Crippen MR) is 77.9 cm³/mol. The summed E-state index contributed by atoms with van der Waals surface area (Å²) in [6.07, 6.45) is 1.67. The van der Waals surface area contributed by atoms with Crippen LogP contribution in [0.15, 0.2) is 18.3 Å². The van der Waals surface area contributed by atoms with E-state index in [0.29, 0.717) is 18.2 Å². The first-order valence-corrected chi connectivity index (χ1v) is 6.87. The molecule has 110 valence electrons. The van der Waals surface area contributed by atoms with Gasteiger partial charge < -0.3 is 15.4 Å². The van der Waals surface area contributed by atoms with Crippen LogP contribution >= 0.6 is 11.6 Å². The summed E-state index contributed by atoms with van der Waals surface area (Å²) in [5.41, 5.74) is 5.18. The number of amides is 1. The minimum absolute atomic E-state index is 0.0329. The number of rotatable bonds is 5. The quantitative estimate of drug-likeness (QED) is 0.850. The van der Waals surface area contributed by atoms with E-state index in [-0.39, 0.29) is 18.6 Å². The molecule has 1 aromatic rings. The summed E-state index contributed by atoms with van der Waals surface area (Å²) in [5.74, 6) is 0.555. The Kier molecular flexibility index (Phi) is 5.17. The molecule has 2 rings (SSSR count). The average Bonchev–Trinajstić information content (AvgIpc) is 2.38. The highest BCUT2D eigenvalue weighted by molar-refractivity contribution is 6.30. The number of nitrogens with zero attached hydrogens (tertiary/aromatic N) is 3. The first kappa shape index (κ1) is 15.0. The third-order valence-corrected chi connectivity index (χ3v) is 3.34. The fourth-order valence-electron chi connectivity index (χ4n) is 2.27. The zero-order valence-electron chi connectivity index (χ0n) is 11.5. The van der Waals surface area contributed by atoms with Crippen LogP contribution in [0.4, 0.5) is 5.82 Å². The van der Waals surface area contributed by atoms with Gasteiger partial charge in [0.2, 0.25) is 5.91 Å². The lowest BCUT2D eigenvalue weighted by molar-refractivity contribution is -0.119. The van der Waals surface area contributed by atoms with Crippen molar-refractivity contribution in [3.63, 3.8) is 0 Å². The van der Waals surface area contributed by atoms with Gasteiger partial charge >= 0.3 is 0 Å². The van der Waals surface area contributed by atoms with Gasteiger partial charge in [0.05, 0.1) is 24.3 Å². The molecule has 1 fully saturated rings. The molecule has 0 aromatic carbocycles. The van der Waals surface area contributed by atoms with Gasteiger partial charge in [-0.15, -0.1) is 0 Å². The molecule has 0 spiro atoms. The number of morpholine rings is 1. The number of nitrogens with two attached hydrogens (primary N) is 1. The van der Waals surface area contributed by atoms with Crippen molar-refractivity contribution in [3.05, 3.63) is 23.4 Å². The Bertz CT molecular complexity index is 454. The number of halogens is 1. The van der Waals surface area contributed by atoms with Gasteiger partial charge in [-0.3, -0.25) is 9.69 Å². The molecular formula is C13H19ClN4O2. The minimum Gasteiger partial charge on any atom is -0.373 e. The van der Waals surface area contributed by atoms with Crippen LogP contribution < -0.4 is 10.6 Å². The summed E-state index contributed by atoms with van der Waals surface area (Å²) in [6.45, 7) is 3.06. The molecule has 1 atom stereocenters. The molecule has 2 N–H and O–H groups in total. The van der Waals surface area contributed by atoms with Crippen molar-refractivity contribution < 1.29 is 9.53 Å². The maximum absolute atomic E-state index is 10.9. The Morgan fingerprint density at radius 3 is 3.10 bits per heavy atom. The summed E-state index contributed by atoms with van der Waals surface area (Å²) >= 11 is 5.84. The topological polar surface area (TPSA) is 71.7 Å². The first-order valence-electron chi connectivity index (χ1n) is 6.49. The Labute approximate surface area is 123 Å². The lowest BCUT2D eigenvalue weighted by Crippen LogP contribution is -2.48. The second-order valence-corrected chi connectivity index (χ2v) is 5.37. The lowest BCUT2D eigenvalue weighted by atomic mass is 10.2. The van der Waals surface area contributed by atoms with Crippen LogP contribution in [-0.2, 0) is 9.53 Å². The van der Waals surface area contributed by atoms with Gasteiger partial charge in [0.15, 0.2) is 0 Å². The molecular weight excluding hydrogens is 280 g/mol. The molecule has 0 aliphatic carbocycles. The molecule has 2 heterocycles. The molecule has 0 saturated carbocycles. The van der Waals surface area contributed by atoms with Crippen molar-refractivity contribution in [1.82, 2.24) is 9.88 Å². The monoisotopic (exact) mass is 298 g/mol. The molecule has 1 unspecified atom stereocenters. The van der Waals surface area contributed by atoms with Gasteiger partial charge in [0, 0.05) is 25.8 Å². The number of hydrogen-bond acceptors (Lipinski definition) is 5. The Hall–Kier alpha value is -1.37. The molecule has 1 aliphatic rings. The van der Waals surface area contributed by atoms with E-state index in [0.717, 1.165) is 18.9 Å². The van der Waals surface area contributed by atoms with Crippen LogP contribution in [0.5, 0.6) is 0 Å². The zero-order chi connectivity index (χ0) is 14.5. The highest BCUT2D eigenvalue weighted by Gasteiger charge is 2.22. The maximum Gasteiger partial charge on any atom is 0.231 e. The highest BCUT2D eigenvalue weighted by atomic mass is 35.5. The second-order valence-electron chi connectivity index (χ2n) is 4.94. The fourth-order valence-corrected chi connectivity index (χ4v) is 2.38. The largest absolute Gasteiger partial charge is 0.373 e. The van der Waals surface area contributed by atoms with Gasteiger partial charge in [0.1, 0.15) is 5.82 Å². The number of carbonyl (C=O) groups excluding carboxylic acids is 1. The molecule has 6 nitrogen and oxygen atoms in total. The minimum atomic E-state index is -0.334. The molecule has 1 aliphatic heterocycles. The van der Waals surface area contributed by atoms with E-state index in [1.54, 1.807) is 6.20 Å². The predicted octanol–water partition coefficient (Wildman–Crippen LogP) is 0.357. The second kappa shape index (κ2) is 6.88. The molecule has 0 radical (unpaired) electrons. The van der Waals surface area contributed by atoms with Crippen LogP contribution in [0.25, 0.3) is 0 Å². The Morgan fingerprint density at radius 2 is 2.45 bits per heavy atom. The molecule has 7 heteroatoms. The van der Waals surface area contributed by atoms with E-state index in [1.165, 1.54) is 0 Å². The summed E-state index contributed by atoms with van der Waals surface area (Å²) in [4.78, 5) is 19.2. The number of hydrogen-bond donors (Lipinski definition) is 1. The Morgan fingerprint density at radius 1 is 1.65 bits per heavy atom. The van der Waals surface area contributed by atoms with Crippen molar-refractivity contribution in [2.75, 3.05) is 44.7 Å². The van der Waals surface area contributed by atoms with Gasteiger partial charge in [-0.25, -0.2) is 4.98 Å². The van der Waals surface area contributed by atoms with Crippen molar-refractivity contribution >= 4 is 23.3 Å². The number of ether oxygens (including phenoxy) is 1. The Balaban J connectivity index is 1.91. The number of carbonyl (C=O) groups is 1. The van der Waals surface area contributed by atoms with Crippen LogP contribution in [0, 0.1) is 0 Å². The van der Waals surface area contributed by atoms with Crippen molar-refractivity contribution in [2.24, 2.45) is 5.73 Å². The lowest BCUT2D eigenvalue weighted by Gasteiger charge is -2.35. The summed E-state index contributed by atoms with van der Waals surface area (Å²) in [6, 6.07) is 3.73. The molecule has 0 bridgehead atoms. The number of aromatic nitrogens is 1. The number of primary amides is 1. The van der Waals surface area contributed by atoms with Crippen LogP contribution in [-0.4, -0.2) is 61.7 Å². The summed E-state index contributed by atoms with van der Waals surface area (Å²) in [5, 5.41) is 0.625. The normalized spacial score (nSPS) is 19.4. The fraction of sp³-hybridized carbons (Fsp3) is 0.538. The third kappa shape index (κ3) is 4.33. The molecule has 20 heavy (non-hydrogen) atoms. The van der Waals surface area contributed by atoms with Crippen molar-refractivity contribution in [2.45, 2.75) is 6.10 Å². The summed E-state index contributed by atoms with van der Waals surface area (Å²) in [7, 11) is 1.85. The van der Waals surface area contributed by atoms with Gasteiger partial charge in [-0.05, 0) is 19.2 Å². The molecule has 1 saturated heterocycles. The van der Waals surface area contributed by atoms with E-state index in [4.69, 9.17) is 22.1 Å². The van der Waals surface area contributed by atoms with E-state index in [2.05, 4.69) is 9.88 Å². The highest BCUT2D eigenvalue weighted by Crippen LogP contribution is 2.17. The van der Waals surface area contributed by atoms with Crippen LogP contribution in [0.1, 0.15) is 0 Å². The van der Waals surface area contributed by atoms with E-state index < -0.39 is 0 Å². The van der Waals surface area contributed by atoms with E-state index in [9.17, 15) is 4.79 Å². The van der Waals surface area contributed by atoms with Crippen molar-refractivity contribution in [3.8, 4) is 0 Å². The third-order valence-electron chi connectivity index (χ3n) is 3.12. The zero-order valence-corrected chi connectivity index (χ0v) is 12.2. The van der Waals surface area contributed by atoms with E-state index >= 15 is 0 Å². The number of likely N-dealkylation sites (N-methyl/N-ethyl adjacent to an activating group) is 1. The number of anilines is 1. The average molecular weight is 299 g/mol. The molecule has 1 amide bonds. The summed E-state index contributed by atoms with van der Waals surface area (Å²) < 4.78 is 5.72. The van der Waals surface area contributed by atoms with Crippen LogP contribution in [0.2, 0.25) is 5.02 Å². The first-order chi connectivity index (χ1) is 9.54. The SMILES string of the molecule is CN(CC(N)=O)CC1CN(c2ccc(Cl)cn2)CCO1. The maximum atomic E-state index is 10.9. The van der Waals surface area contributed by atoms with Gasteiger partial charge in [-0.2, -0.15) is 0 Å². The van der Waals surface area contributed by atoms with Gasteiger partial charge in [-0.1, -0.05) is 11.6 Å². The smallest absolute Gasteiger partial charge is 0.231 e. The molecule has 1 aromatic heterocycles. The van der Waals surface area contributed by atoms with Crippen LogP contribution in [0.3, 0.4) is 0 Å². The van der Waals surface area contributed by atoms with E-state index in [1.807, 2.05) is 24.1 Å².